The van der Waals surface area contributed by atoms with Gasteiger partial charge in [0.05, 0.1) is 10.6 Å². The molecule has 0 aromatic heterocycles. The molecule has 1 N–H and O–H groups in total. The first-order valence-corrected chi connectivity index (χ1v) is 15.6. The molecule has 0 saturated heterocycles. The van der Waals surface area contributed by atoms with E-state index in [0.717, 1.165) is 26.6 Å². The number of hydrogen-bond donors (Lipinski definition) is 1. The van der Waals surface area contributed by atoms with Gasteiger partial charge in [0.15, 0.2) is 0 Å². The van der Waals surface area contributed by atoms with Crippen molar-refractivity contribution < 1.29 is 18.0 Å². The molecule has 220 valence electrons. The van der Waals surface area contributed by atoms with Crippen LogP contribution in [0, 0.1) is 26.7 Å². The van der Waals surface area contributed by atoms with E-state index in [1.807, 2.05) is 47.6 Å². The average molecular weight is 598 g/mol. The lowest BCUT2D eigenvalue weighted by molar-refractivity contribution is -0.140. The highest BCUT2D eigenvalue weighted by atomic mass is 35.5. The lowest BCUT2D eigenvalue weighted by Gasteiger charge is -2.34. The molecular weight excluding hydrogens is 558 g/mol. The van der Waals surface area contributed by atoms with Gasteiger partial charge in [0.2, 0.25) is 11.8 Å². The molecule has 0 radical (unpaired) electrons. The highest BCUT2D eigenvalue weighted by Crippen LogP contribution is 2.29. The summed E-state index contributed by atoms with van der Waals surface area (Å²) in [5, 5.41) is 3.49. The van der Waals surface area contributed by atoms with Crippen LogP contribution in [-0.2, 0) is 26.2 Å². The van der Waals surface area contributed by atoms with Crippen molar-refractivity contribution in [2.45, 2.75) is 65.4 Å². The minimum absolute atomic E-state index is 0.0859. The summed E-state index contributed by atoms with van der Waals surface area (Å²) in [5.41, 5.74) is 3.77. The van der Waals surface area contributed by atoms with Gasteiger partial charge in [0.25, 0.3) is 10.0 Å². The zero-order valence-corrected chi connectivity index (χ0v) is 26.2. The number of nitrogens with zero attached hydrogens (tertiary/aromatic N) is 2. The topological polar surface area (TPSA) is 86.8 Å². The van der Waals surface area contributed by atoms with E-state index in [4.69, 9.17) is 11.6 Å². The summed E-state index contributed by atoms with van der Waals surface area (Å²) >= 11 is 6.09. The van der Waals surface area contributed by atoms with Gasteiger partial charge in [-0.05, 0) is 80.1 Å². The predicted octanol–water partition coefficient (Wildman–Crippen LogP) is 6.04. The molecule has 3 aromatic rings. The summed E-state index contributed by atoms with van der Waals surface area (Å²) in [6.45, 7) is 11.6. The molecule has 0 aliphatic rings. The minimum atomic E-state index is -4.12. The molecule has 1 atom stereocenters. The van der Waals surface area contributed by atoms with E-state index in [1.165, 1.54) is 4.90 Å². The van der Waals surface area contributed by atoms with Gasteiger partial charge < -0.3 is 10.2 Å². The standard InChI is InChI=1S/C32H40ClN3O4S/c1-7-29(32(38)34-19-22(2)3)35(20-26-13-15-27(33)16-14-26)31(37)21-36(30-10-8-9-24(5)25(30)6)41(39,40)28-17-11-23(4)12-18-28/h8-18,22,29H,7,19-21H2,1-6H3,(H,34,38)/t29-/m1/s1. The summed E-state index contributed by atoms with van der Waals surface area (Å²) < 4.78 is 29.3. The van der Waals surface area contributed by atoms with Crippen molar-refractivity contribution in [2.24, 2.45) is 5.92 Å². The largest absolute Gasteiger partial charge is 0.354 e. The van der Waals surface area contributed by atoms with E-state index in [-0.39, 0.29) is 23.3 Å². The Hall–Kier alpha value is -3.36. The molecule has 3 aromatic carbocycles. The Morgan fingerprint density at radius 1 is 0.927 bits per heavy atom. The van der Waals surface area contributed by atoms with E-state index in [0.29, 0.717) is 23.7 Å². The Labute approximate surface area is 249 Å². The summed E-state index contributed by atoms with van der Waals surface area (Å²) in [6, 6.07) is 18.2. The van der Waals surface area contributed by atoms with Gasteiger partial charge in [-0.15, -0.1) is 0 Å². The molecule has 41 heavy (non-hydrogen) atoms. The fourth-order valence-electron chi connectivity index (χ4n) is 4.49. The van der Waals surface area contributed by atoms with Crippen LogP contribution in [0.1, 0.15) is 49.4 Å². The zero-order valence-electron chi connectivity index (χ0n) is 24.6. The Bertz CT molecular complexity index is 1460. The molecule has 0 bridgehead atoms. The van der Waals surface area contributed by atoms with Gasteiger partial charge in [0, 0.05) is 18.1 Å². The maximum Gasteiger partial charge on any atom is 0.264 e. The van der Waals surface area contributed by atoms with Gasteiger partial charge in [-0.1, -0.05) is 74.3 Å². The van der Waals surface area contributed by atoms with Crippen molar-refractivity contribution >= 4 is 39.1 Å². The molecule has 7 nitrogen and oxygen atoms in total. The van der Waals surface area contributed by atoms with E-state index < -0.39 is 28.5 Å². The number of anilines is 1. The molecule has 3 rings (SSSR count). The number of benzene rings is 3. The molecular formula is C32H40ClN3O4S. The minimum Gasteiger partial charge on any atom is -0.354 e. The van der Waals surface area contributed by atoms with Gasteiger partial charge in [-0.2, -0.15) is 0 Å². The molecule has 2 amide bonds. The molecule has 0 heterocycles. The third-order valence-electron chi connectivity index (χ3n) is 7.07. The third kappa shape index (κ3) is 8.11. The van der Waals surface area contributed by atoms with E-state index >= 15 is 0 Å². The second-order valence-corrected chi connectivity index (χ2v) is 13.1. The van der Waals surface area contributed by atoms with Crippen LogP contribution in [0.4, 0.5) is 5.69 Å². The monoisotopic (exact) mass is 597 g/mol. The van der Waals surface area contributed by atoms with E-state index in [9.17, 15) is 18.0 Å². The summed E-state index contributed by atoms with van der Waals surface area (Å²) in [6.07, 6.45) is 0.359. The van der Waals surface area contributed by atoms with Crippen molar-refractivity contribution in [1.29, 1.82) is 0 Å². The van der Waals surface area contributed by atoms with Crippen molar-refractivity contribution in [3.63, 3.8) is 0 Å². The second kappa shape index (κ2) is 14.0. The lowest BCUT2D eigenvalue weighted by atomic mass is 10.1. The highest BCUT2D eigenvalue weighted by Gasteiger charge is 2.34. The molecule has 0 spiro atoms. The van der Waals surface area contributed by atoms with E-state index in [1.54, 1.807) is 60.7 Å². The number of carbonyl (C=O) groups is 2. The number of hydrogen-bond acceptors (Lipinski definition) is 4. The van der Waals surface area contributed by atoms with Crippen molar-refractivity contribution in [3.8, 4) is 0 Å². The van der Waals surface area contributed by atoms with Crippen molar-refractivity contribution in [1.82, 2.24) is 10.2 Å². The third-order valence-corrected chi connectivity index (χ3v) is 9.10. The van der Waals surface area contributed by atoms with Gasteiger partial charge in [0.1, 0.15) is 12.6 Å². The van der Waals surface area contributed by atoms with Crippen LogP contribution in [0.15, 0.2) is 71.6 Å². The van der Waals surface area contributed by atoms with Crippen LogP contribution in [0.25, 0.3) is 0 Å². The van der Waals surface area contributed by atoms with Crippen molar-refractivity contribution in [3.05, 3.63) is 94.0 Å². The number of halogens is 1. The summed E-state index contributed by atoms with van der Waals surface area (Å²) in [5.74, 6) is -0.525. The predicted molar refractivity (Wildman–Crippen MR) is 166 cm³/mol. The maximum absolute atomic E-state index is 14.2. The number of nitrogens with one attached hydrogen (secondary N) is 1. The fraction of sp³-hybridized carbons (Fsp3) is 0.375. The van der Waals surface area contributed by atoms with Crippen LogP contribution in [0.3, 0.4) is 0 Å². The van der Waals surface area contributed by atoms with Gasteiger partial charge in [-0.3, -0.25) is 13.9 Å². The average Bonchev–Trinajstić information content (AvgIpc) is 2.93. The number of sulfonamides is 1. The first kappa shape index (κ1) is 32.2. The van der Waals surface area contributed by atoms with Crippen LogP contribution in [0.5, 0.6) is 0 Å². The Morgan fingerprint density at radius 2 is 1.56 bits per heavy atom. The molecule has 0 aliphatic heterocycles. The first-order chi connectivity index (χ1) is 19.3. The number of rotatable bonds is 12. The molecule has 9 heteroatoms. The number of amides is 2. The zero-order chi connectivity index (χ0) is 30.3. The Balaban J connectivity index is 2.08. The molecule has 0 fully saturated rings. The smallest absolute Gasteiger partial charge is 0.264 e. The van der Waals surface area contributed by atoms with Crippen LogP contribution >= 0.6 is 11.6 Å². The Kier molecular flexibility index (Phi) is 11.0. The first-order valence-electron chi connectivity index (χ1n) is 13.8. The van der Waals surface area contributed by atoms with Gasteiger partial charge >= 0.3 is 0 Å². The number of carbonyl (C=O) groups excluding carboxylic acids is 2. The second-order valence-electron chi connectivity index (χ2n) is 10.8. The summed E-state index contributed by atoms with van der Waals surface area (Å²) in [7, 11) is -4.12. The Morgan fingerprint density at radius 3 is 2.15 bits per heavy atom. The van der Waals surface area contributed by atoms with Gasteiger partial charge in [-0.25, -0.2) is 8.42 Å². The fourth-order valence-corrected chi connectivity index (χ4v) is 6.08. The molecule has 0 saturated carbocycles. The molecule has 0 unspecified atom stereocenters. The van der Waals surface area contributed by atoms with Crippen LogP contribution < -0.4 is 9.62 Å². The quantitative estimate of drug-likeness (QED) is 0.276. The van der Waals surface area contributed by atoms with E-state index in [2.05, 4.69) is 5.32 Å². The highest BCUT2D eigenvalue weighted by molar-refractivity contribution is 7.92. The summed E-state index contributed by atoms with van der Waals surface area (Å²) in [4.78, 5) is 29.1. The molecule has 0 aliphatic carbocycles. The normalized spacial score (nSPS) is 12.2. The SMILES string of the molecule is CC[C@H](C(=O)NCC(C)C)N(Cc1ccc(Cl)cc1)C(=O)CN(c1cccc(C)c1C)S(=O)(=O)c1ccc(C)cc1. The number of aryl methyl sites for hydroxylation is 2. The van der Waals surface area contributed by atoms with Crippen LogP contribution in [0.2, 0.25) is 5.02 Å². The lowest BCUT2D eigenvalue weighted by Crippen LogP contribution is -2.52. The van der Waals surface area contributed by atoms with Crippen LogP contribution in [-0.4, -0.2) is 44.3 Å². The maximum atomic E-state index is 14.2. The van der Waals surface area contributed by atoms with Crippen molar-refractivity contribution in [2.75, 3.05) is 17.4 Å².